The normalized spacial score (nSPS) is 14.6. The van der Waals surface area contributed by atoms with Crippen LogP contribution in [0, 0.1) is 0 Å². The first-order valence-corrected chi connectivity index (χ1v) is 9.90. The first-order valence-electron chi connectivity index (χ1n) is 9.53. The predicted octanol–water partition coefficient (Wildman–Crippen LogP) is 3.70. The van der Waals surface area contributed by atoms with Crippen LogP contribution in [0.5, 0.6) is 5.75 Å². The fraction of sp³-hybridized carbons (Fsp3) is 0.364. The van der Waals surface area contributed by atoms with Crippen LogP contribution in [-0.2, 0) is 11.2 Å². The summed E-state index contributed by atoms with van der Waals surface area (Å²) in [5.41, 5.74) is 1.64. The topological polar surface area (TPSA) is 58.6 Å². The molecule has 1 saturated heterocycles. The molecule has 28 heavy (non-hydrogen) atoms. The van der Waals surface area contributed by atoms with E-state index in [1.807, 2.05) is 41.3 Å². The molecular formula is C22H25ClN2O3. The van der Waals surface area contributed by atoms with E-state index in [9.17, 15) is 9.59 Å². The Morgan fingerprint density at radius 2 is 1.79 bits per heavy atom. The molecule has 1 N–H and O–H groups in total. The highest BCUT2D eigenvalue weighted by Crippen LogP contribution is 2.19. The molecule has 0 saturated carbocycles. The molecule has 5 nitrogen and oxygen atoms in total. The zero-order chi connectivity index (χ0) is 19.9. The maximum absolute atomic E-state index is 12.5. The predicted molar refractivity (Wildman–Crippen MR) is 110 cm³/mol. The molecule has 6 heteroatoms. The second-order valence-electron chi connectivity index (χ2n) is 6.96. The minimum Gasteiger partial charge on any atom is -0.496 e. The Morgan fingerprint density at radius 1 is 1.11 bits per heavy atom. The quantitative estimate of drug-likeness (QED) is 0.804. The third-order valence-corrected chi connectivity index (χ3v) is 5.33. The SMILES string of the molecule is COc1ccccc1C(=O)NC1CCN(C(=O)CCc2ccc(Cl)cc2)CC1. The highest BCUT2D eigenvalue weighted by atomic mass is 35.5. The van der Waals surface area contributed by atoms with Crippen LogP contribution in [0.2, 0.25) is 5.02 Å². The maximum Gasteiger partial charge on any atom is 0.255 e. The van der Waals surface area contributed by atoms with Crippen LogP contribution in [0.3, 0.4) is 0 Å². The van der Waals surface area contributed by atoms with E-state index in [0.29, 0.717) is 42.3 Å². The van der Waals surface area contributed by atoms with Gasteiger partial charge in [-0.15, -0.1) is 0 Å². The van der Waals surface area contributed by atoms with Crippen molar-refractivity contribution in [1.29, 1.82) is 0 Å². The van der Waals surface area contributed by atoms with E-state index in [1.165, 1.54) is 0 Å². The Bertz CT molecular complexity index is 815. The zero-order valence-corrected chi connectivity index (χ0v) is 16.7. The number of methoxy groups -OCH3 is 1. The van der Waals surface area contributed by atoms with E-state index in [-0.39, 0.29) is 17.9 Å². The molecule has 0 bridgehead atoms. The zero-order valence-electron chi connectivity index (χ0n) is 16.0. The maximum atomic E-state index is 12.5. The van der Waals surface area contributed by atoms with Crippen LogP contribution in [-0.4, -0.2) is 43.0 Å². The average Bonchev–Trinajstić information content (AvgIpc) is 2.73. The molecule has 0 aromatic heterocycles. The van der Waals surface area contributed by atoms with E-state index < -0.39 is 0 Å². The summed E-state index contributed by atoms with van der Waals surface area (Å²) >= 11 is 5.89. The molecule has 2 aromatic carbocycles. The lowest BCUT2D eigenvalue weighted by atomic mass is 10.0. The van der Waals surface area contributed by atoms with Gasteiger partial charge in [0.25, 0.3) is 5.91 Å². The monoisotopic (exact) mass is 400 g/mol. The second kappa shape index (κ2) is 9.60. The van der Waals surface area contributed by atoms with E-state index >= 15 is 0 Å². The average molecular weight is 401 g/mol. The summed E-state index contributed by atoms with van der Waals surface area (Å²) in [7, 11) is 1.56. The van der Waals surface area contributed by atoms with Crippen LogP contribution >= 0.6 is 11.6 Å². The first-order chi connectivity index (χ1) is 13.6. The summed E-state index contributed by atoms with van der Waals surface area (Å²) in [5.74, 6) is 0.587. The van der Waals surface area contributed by atoms with Crippen molar-refractivity contribution in [2.45, 2.75) is 31.7 Å². The van der Waals surface area contributed by atoms with Crippen LogP contribution in [0.4, 0.5) is 0 Å². The number of nitrogens with one attached hydrogen (secondary N) is 1. The van der Waals surface area contributed by atoms with Gasteiger partial charge in [-0.2, -0.15) is 0 Å². The number of carbonyl (C=O) groups is 2. The summed E-state index contributed by atoms with van der Waals surface area (Å²) in [6.45, 7) is 1.33. The van der Waals surface area contributed by atoms with Gasteiger partial charge < -0.3 is 15.0 Å². The number of hydrogen-bond acceptors (Lipinski definition) is 3. The van der Waals surface area contributed by atoms with Gasteiger partial charge in [-0.05, 0) is 49.1 Å². The van der Waals surface area contributed by atoms with Gasteiger partial charge in [-0.1, -0.05) is 35.9 Å². The number of piperidine rings is 1. The Labute approximate surface area is 170 Å². The first kappa shape index (κ1) is 20.2. The van der Waals surface area contributed by atoms with Crippen LogP contribution < -0.4 is 10.1 Å². The lowest BCUT2D eigenvalue weighted by Crippen LogP contribution is -2.46. The van der Waals surface area contributed by atoms with Crippen molar-refractivity contribution >= 4 is 23.4 Å². The van der Waals surface area contributed by atoms with E-state index in [2.05, 4.69) is 5.32 Å². The Hall–Kier alpha value is -2.53. The van der Waals surface area contributed by atoms with Gasteiger partial charge in [0.05, 0.1) is 12.7 Å². The summed E-state index contributed by atoms with van der Waals surface area (Å²) in [5, 5.41) is 3.76. The van der Waals surface area contributed by atoms with E-state index in [1.54, 1.807) is 19.2 Å². The molecule has 0 unspecified atom stereocenters. The van der Waals surface area contributed by atoms with E-state index in [0.717, 1.165) is 18.4 Å². The Morgan fingerprint density at radius 3 is 2.46 bits per heavy atom. The molecule has 2 aromatic rings. The van der Waals surface area contributed by atoms with Crippen molar-refractivity contribution in [3.8, 4) is 5.75 Å². The lowest BCUT2D eigenvalue weighted by molar-refractivity contribution is -0.132. The Balaban J connectivity index is 1.45. The molecule has 1 heterocycles. The van der Waals surface area contributed by atoms with Crippen molar-refractivity contribution in [3.63, 3.8) is 0 Å². The summed E-state index contributed by atoms with van der Waals surface area (Å²) < 4.78 is 5.25. The molecule has 0 atom stereocenters. The van der Waals surface area contributed by atoms with Gasteiger partial charge in [0.15, 0.2) is 0 Å². The van der Waals surface area contributed by atoms with Gasteiger partial charge in [0.1, 0.15) is 5.75 Å². The molecule has 1 aliphatic rings. The highest BCUT2D eigenvalue weighted by Gasteiger charge is 2.24. The number of halogens is 1. The molecule has 0 radical (unpaired) electrons. The van der Waals surface area contributed by atoms with Crippen molar-refractivity contribution < 1.29 is 14.3 Å². The number of amides is 2. The standard InChI is InChI=1S/C22H25ClN2O3/c1-28-20-5-3-2-4-19(20)22(27)24-18-12-14-25(15-13-18)21(26)11-8-16-6-9-17(23)10-7-16/h2-7,9-10,18H,8,11-15H2,1H3,(H,24,27). The van der Waals surface area contributed by atoms with Crippen LogP contribution in [0.1, 0.15) is 35.2 Å². The molecule has 3 rings (SSSR count). The molecule has 1 aliphatic heterocycles. The van der Waals surface area contributed by atoms with Crippen molar-refractivity contribution in [2.75, 3.05) is 20.2 Å². The van der Waals surface area contributed by atoms with Gasteiger partial charge in [0.2, 0.25) is 5.91 Å². The van der Waals surface area contributed by atoms with Crippen LogP contribution in [0.25, 0.3) is 0 Å². The number of aryl methyl sites for hydroxylation is 1. The minimum atomic E-state index is -0.134. The van der Waals surface area contributed by atoms with Crippen LogP contribution in [0.15, 0.2) is 48.5 Å². The lowest BCUT2D eigenvalue weighted by Gasteiger charge is -2.32. The smallest absolute Gasteiger partial charge is 0.255 e. The van der Waals surface area contributed by atoms with Gasteiger partial charge in [0, 0.05) is 30.6 Å². The minimum absolute atomic E-state index is 0.0673. The number of para-hydroxylation sites is 1. The van der Waals surface area contributed by atoms with E-state index in [4.69, 9.17) is 16.3 Å². The molecule has 148 valence electrons. The summed E-state index contributed by atoms with van der Waals surface area (Å²) in [6, 6.07) is 14.8. The fourth-order valence-corrected chi connectivity index (χ4v) is 3.56. The highest BCUT2D eigenvalue weighted by molar-refractivity contribution is 6.30. The largest absolute Gasteiger partial charge is 0.496 e. The number of hydrogen-bond donors (Lipinski definition) is 1. The molecule has 0 spiro atoms. The molecular weight excluding hydrogens is 376 g/mol. The number of likely N-dealkylation sites (tertiary alicyclic amines) is 1. The second-order valence-corrected chi connectivity index (χ2v) is 7.39. The molecule has 1 fully saturated rings. The summed E-state index contributed by atoms with van der Waals surface area (Å²) in [6.07, 6.45) is 2.71. The number of carbonyl (C=O) groups excluding carboxylic acids is 2. The Kier molecular flexibility index (Phi) is 6.93. The van der Waals surface area contributed by atoms with Gasteiger partial charge in [-0.25, -0.2) is 0 Å². The third kappa shape index (κ3) is 5.26. The van der Waals surface area contributed by atoms with Gasteiger partial charge >= 0.3 is 0 Å². The number of benzene rings is 2. The van der Waals surface area contributed by atoms with Gasteiger partial charge in [-0.3, -0.25) is 9.59 Å². The fourth-order valence-electron chi connectivity index (χ4n) is 3.43. The summed E-state index contributed by atoms with van der Waals surface area (Å²) in [4.78, 5) is 26.9. The molecule has 0 aliphatic carbocycles. The number of rotatable bonds is 6. The van der Waals surface area contributed by atoms with Crippen molar-refractivity contribution in [2.24, 2.45) is 0 Å². The van der Waals surface area contributed by atoms with Crippen molar-refractivity contribution in [1.82, 2.24) is 10.2 Å². The number of nitrogens with zero attached hydrogens (tertiary/aromatic N) is 1. The number of ether oxygens (including phenoxy) is 1. The molecule has 2 amide bonds. The van der Waals surface area contributed by atoms with Crippen molar-refractivity contribution in [3.05, 3.63) is 64.7 Å². The third-order valence-electron chi connectivity index (χ3n) is 5.08.